The summed E-state index contributed by atoms with van der Waals surface area (Å²) in [6.45, 7) is 2.03. The number of hydrogen-bond acceptors (Lipinski definition) is 2. The predicted octanol–water partition coefficient (Wildman–Crippen LogP) is 1.77. The van der Waals surface area contributed by atoms with Crippen molar-refractivity contribution >= 4 is 16.8 Å². The first-order valence-corrected chi connectivity index (χ1v) is 4.12. The molecule has 0 saturated carbocycles. The number of hydrogen-bond donors (Lipinski definition) is 1. The van der Waals surface area contributed by atoms with Crippen molar-refractivity contribution in [3.8, 4) is 0 Å². The van der Waals surface area contributed by atoms with Crippen molar-refractivity contribution in [2.45, 2.75) is 6.92 Å². The van der Waals surface area contributed by atoms with Crippen LogP contribution in [0.2, 0.25) is 0 Å². The molecule has 3 rings (SSSR count). The number of nitrogens with zero attached hydrogens (tertiary/aromatic N) is 3. The molecule has 0 aliphatic heterocycles. The zero-order valence-corrected chi connectivity index (χ0v) is 7.15. The predicted molar refractivity (Wildman–Crippen MR) is 51.7 cm³/mol. The Morgan fingerprint density at radius 3 is 3.23 bits per heavy atom. The Labute approximate surface area is 75.7 Å². The lowest BCUT2D eigenvalue weighted by Gasteiger charge is -1.97. The van der Waals surface area contributed by atoms with Gasteiger partial charge in [0.1, 0.15) is 0 Å². The molecule has 0 aliphatic carbocycles. The SMILES string of the molecule is Cc1cnc2cnc3[nH]ccc3n12.[HH]. The van der Waals surface area contributed by atoms with Gasteiger partial charge in [-0.3, -0.25) is 4.40 Å². The van der Waals surface area contributed by atoms with Crippen LogP contribution in [0.3, 0.4) is 0 Å². The fourth-order valence-corrected chi connectivity index (χ4v) is 1.62. The third kappa shape index (κ3) is 0.744. The average molecular weight is 174 g/mol. The second-order valence-electron chi connectivity index (χ2n) is 3.06. The topological polar surface area (TPSA) is 46.0 Å². The molecule has 0 radical (unpaired) electrons. The maximum Gasteiger partial charge on any atom is 0.156 e. The molecule has 13 heavy (non-hydrogen) atoms. The molecular formula is C9H10N4. The standard InChI is InChI=1S/C9H8N4.H2/c1-6-4-11-8-5-12-9-7(13(6)8)2-3-10-9;/h2-5,10H,1H3;1H. The van der Waals surface area contributed by atoms with Crippen LogP contribution in [0.15, 0.2) is 24.7 Å². The molecule has 3 heterocycles. The van der Waals surface area contributed by atoms with Gasteiger partial charge in [0.25, 0.3) is 0 Å². The minimum Gasteiger partial charge on any atom is -0.345 e. The molecule has 0 fully saturated rings. The highest BCUT2D eigenvalue weighted by Gasteiger charge is 2.04. The van der Waals surface area contributed by atoms with Gasteiger partial charge in [-0.1, -0.05) is 0 Å². The van der Waals surface area contributed by atoms with Crippen molar-refractivity contribution in [2.75, 3.05) is 0 Å². The molecule has 0 atom stereocenters. The van der Waals surface area contributed by atoms with E-state index in [4.69, 9.17) is 0 Å². The van der Waals surface area contributed by atoms with E-state index >= 15 is 0 Å². The number of aryl methyl sites for hydroxylation is 1. The van der Waals surface area contributed by atoms with Gasteiger partial charge >= 0.3 is 0 Å². The highest BCUT2D eigenvalue weighted by Crippen LogP contribution is 2.14. The maximum absolute atomic E-state index is 4.24. The van der Waals surface area contributed by atoms with E-state index in [1.54, 1.807) is 6.20 Å². The molecule has 1 N–H and O–H groups in total. The summed E-state index contributed by atoms with van der Waals surface area (Å²) in [6, 6.07) is 2.00. The summed E-state index contributed by atoms with van der Waals surface area (Å²) >= 11 is 0. The molecule has 0 aromatic carbocycles. The van der Waals surface area contributed by atoms with Crippen LogP contribution in [0.1, 0.15) is 7.12 Å². The minimum atomic E-state index is 0. The normalized spacial score (nSPS) is 11.5. The molecule has 0 spiro atoms. The smallest absolute Gasteiger partial charge is 0.156 e. The van der Waals surface area contributed by atoms with Gasteiger partial charge in [0.15, 0.2) is 11.3 Å². The largest absolute Gasteiger partial charge is 0.345 e. The first kappa shape index (κ1) is 6.65. The van der Waals surface area contributed by atoms with Crippen LogP contribution in [0.4, 0.5) is 0 Å². The van der Waals surface area contributed by atoms with Gasteiger partial charge in [-0.05, 0) is 13.0 Å². The van der Waals surface area contributed by atoms with Crippen molar-refractivity contribution in [1.82, 2.24) is 19.4 Å². The van der Waals surface area contributed by atoms with Crippen molar-refractivity contribution in [3.05, 3.63) is 30.4 Å². The maximum atomic E-state index is 4.24. The number of aromatic nitrogens is 4. The molecule has 0 unspecified atom stereocenters. The lowest BCUT2D eigenvalue weighted by molar-refractivity contribution is 1.14. The quantitative estimate of drug-likeness (QED) is 0.564. The van der Waals surface area contributed by atoms with Crippen molar-refractivity contribution < 1.29 is 1.43 Å². The van der Waals surface area contributed by atoms with E-state index in [-0.39, 0.29) is 1.43 Å². The van der Waals surface area contributed by atoms with E-state index in [1.165, 1.54) is 0 Å². The fraction of sp³-hybridized carbons (Fsp3) is 0.111. The lowest BCUT2D eigenvalue weighted by Crippen LogP contribution is -1.90. The molecule has 0 amide bonds. The number of fused-ring (bicyclic) bond motifs is 3. The summed E-state index contributed by atoms with van der Waals surface area (Å²) in [4.78, 5) is 11.5. The fourth-order valence-electron chi connectivity index (χ4n) is 1.62. The Morgan fingerprint density at radius 1 is 1.38 bits per heavy atom. The third-order valence-corrected chi connectivity index (χ3v) is 2.22. The number of nitrogens with one attached hydrogen (secondary N) is 1. The van der Waals surface area contributed by atoms with Crippen LogP contribution < -0.4 is 0 Å². The molecular weight excluding hydrogens is 164 g/mol. The monoisotopic (exact) mass is 174 g/mol. The van der Waals surface area contributed by atoms with Crippen molar-refractivity contribution in [2.24, 2.45) is 0 Å². The van der Waals surface area contributed by atoms with Gasteiger partial charge in [0, 0.05) is 19.5 Å². The van der Waals surface area contributed by atoms with Gasteiger partial charge in [0.2, 0.25) is 0 Å². The number of imidazole rings is 1. The first-order valence-electron chi connectivity index (χ1n) is 4.12. The summed E-state index contributed by atoms with van der Waals surface area (Å²) in [7, 11) is 0. The van der Waals surface area contributed by atoms with Gasteiger partial charge in [-0.25, -0.2) is 9.97 Å². The van der Waals surface area contributed by atoms with Gasteiger partial charge in [0.05, 0.1) is 11.7 Å². The van der Waals surface area contributed by atoms with Crippen LogP contribution in [-0.4, -0.2) is 19.4 Å². The summed E-state index contributed by atoms with van der Waals surface area (Å²) in [5.41, 5.74) is 3.99. The Morgan fingerprint density at radius 2 is 2.31 bits per heavy atom. The minimum absolute atomic E-state index is 0. The van der Waals surface area contributed by atoms with E-state index < -0.39 is 0 Å². The first-order chi connectivity index (χ1) is 6.36. The lowest BCUT2D eigenvalue weighted by atomic mass is 10.4. The molecule has 3 aromatic heterocycles. The van der Waals surface area contributed by atoms with E-state index in [2.05, 4.69) is 19.4 Å². The Hall–Kier alpha value is -1.84. The van der Waals surface area contributed by atoms with E-state index in [0.717, 1.165) is 22.5 Å². The molecule has 4 nitrogen and oxygen atoms in total. The van der Waals surface area contributed by atoms with E-state index in [1.807, 2.05) is 25.4 Å². The second-order valence-corrected chi connectivity index (χ2v) is 3.06. The van der Waals surface area contributed by atoms with Crippen molar-refractivity contribution in [1.29, 1.82) is 0 Å². The summed E-state index contributed by atoms with van der Waals surface area (Å²) in [6.07, 6.45) is 5.51. The van der Waals surface area contributed by atoms with Crippen LogP contribution in [0.5, 0.6) is 0 Å². The molecule has 4 heteroatoms. The highest BCUT2D eigenvalue weighted by molar-refractivity contribution is 5.74. The summed E-state index contributed by atoms with van der Waals surface area (Å²) < 4.78 is 2.08. The molecule has 66 valence electrons. The number of H-pyrrole nitrogens is 1. The van der Waals surface area contributed by atoms with Crippen LogP contribution in [0.25, 0.3) is 16.8 Å². The number of rotatable bonds is 0. The van der Waals surface area contributed by atoms with E-state index in [0.29, 0.717) is 0 Å². The van der Waals surface area contributed by atoms with E-state index in [9.17, 15) is 0 Å². The van der Waals surface area contributed by atoms with Crippen molar-refractivity contribution in [3.63, 3.8) is 0 Å². The Balaban J connectivity index is 0.000000750. The number of aromatic amines is 1. The summed E-state index contributed by atoms with van der Waals surface area (Å²) in [5, 5.41) is 0. The highest BCUT2D eigenvalue weighted by atomic mass is 15.1. The van der Waals surface area contributed by atoms with Crippen LogP contribution in [-0.2, 0) is 0 Å². The third-order valence-electron chi connectivity index (χ3n) is 2.22. The Kier molecular flexibility index (Phi) is 1.07. The molecule has 0 saturated heterocycles. The molecule has 0 bridgehead atoms. The van der Waals surface area contributed by atoms with Gasteiger partial charge < -0.3 is 4.98 Å². The van der Waals surface area contributed by atoms with Gasteiger partial charge in [-0.15, -0.1) is 0 Å². The summed E-state index contributed by atoms with van der Waals surface area (Å²) in [5.74, 6) is 0. The van der Waals surface area contributed by atoms with Crippen LogP contribution in [0, 0.1) is 6.92 Å². The van der Waals surface area contributed by atoms with Crippen LogP contribution >= 0.6 is 0 Å². The second kappa shape index (κ2) is 2.10. The Bertz CT molecular complexity index is 581. The van der Waals surface area contributed by atoms with Gasteiger partial charge in [-0.2, -0.15) is 0 Å². The zero-order valence-electron chi connectivity index (χ0n) is 7.15. The zero-order chi connectivity index (χ0) is 8.84. The molecule has 3 aromatic rings. The molecule has 0 aliphatic rings. The average Bonchev–Trinajstić information content (AvgIpc) is 2.70.